The average molecular weight is 241 g/mol. The van der Waals surface area contributed by atoms with Gasteiger partial charge in [-0.25, -0.2) is 9.59 Å². The lowest BCUT2D eigenvalue weighted by atomic mass is 9.96. The highest BCUT2D eigenvalue weighted by Crippen LogP contribution is 2.34. The summed E-state index contributed by atoms with van der Waals surface area (Å²) in [6.07, 6.45) is 0. The number of cyclic esters (lactones) is 2. The Balaban J connectivity index is 2.49. The molecular formula is C14H11NO3. The van der Waals surface area contributed by atoms with Crippen molar-refractivity contribution in [2.75, 3.05) is 19.0 Å². The molecule has 0 radical (unpaired) electrons. The van der Waals surface area contributed by atoms with E-state index >= 15 is 0 Å². The molecule has 0 spiro atoms. The van der Waals surface area contributed by atoms with Crippen molar-refractivity contribution in [3.05, 3.63) is 41.5 Å². The molecule has 90 valence electrons. The minimum Gasteiger partial charge on any atom is -0.386 e. The van der Waals surface area contributed by atoms with Gasteiger partial charge >= 0.3 is 11.9 Å². The summed E-state index contributed by atoms with van der Waals surface area (Å²) in [5, 5.41) is 1.57. The maximum absolute atomic E-state index is 11.7. The lowest BCUT2D eigenvalue weighted by molar-refractivity contribution is 0.0391. The zero-order valence-corrected chi connectivity index (χ0v) is 10.1. The summed E-state index contributed by atoms with van der Waals surface area (Å²) in [5.74, 6) is -1.15. The third-order valence-corrected chi connectivity index (χ3v) is 3.12. The Morgan fingerprint density at radius 2 is 1.61 bits per heavy atom. The molecule has 0 aliphatic carbocycles. The minimum atomic E-state index is -0.575. The highest BCUT2D eigenvalue weighted by molar-refractivity contribution is 6.22. The van der Waals surface area contributed by atoms with Gasteiger partial charge in [-0.05, 0) is 18.2 Å². The molecule has 2 aromatic rings. The number of hydrogen-bond acceptors (Lipinski definition) is 4. The lowest BCUT2D eigenvalue weighted by Gasteiger charge is -2.20. The largest absolute Gasteiger partial charge is 0.386 e. The summed E-state index contributed by atoms with van der Waals surface area (Å²) in [6.45, 7) is 0. The maximum atomic E-state index is 11.7. The second-order valence-corrected chi connectivity index (χ2v) is 4.43. The van der Waals surface area contributed by atoms with Crippen molar-refractivity contribution in [3.63, 3.8) is 0 Å². The molecule has 1 heterocycles. The summed E-state index contributed by atoms with van der Waals surface area (Å²) >= 11 is 0. The SMILES string of the molecule is CN(C)c1ccc2c3c(cccc13)C(=O)OC2=O. The van der Waals surface area contributed by atoms with E-state index in [1.165, 1.54) is 0 Å². The monoisotopic (exact) mass is 241 g/mol. The quantitative estimate of drug-likeness (QED) is 0.567. The van der Waals surface area contributed by atoms with Crippen molar-refractivity contribution in [3.8, 4) is 0 Å². The summed E-state index contributed by atoms with van der Waals surface area (Å²) in [7, 11) is 3.85. The van der Waals surface area contributed by atoms with Crippen LogP contribution in [0.1, 0.15) is 20.7 Å². The van der Waals surface area contributed by atoms with Gasteiger partial charge in [0.15, 0.2) is 0 Å². The summed E-state index contributed by atoms with van der Waals surface area (Å²) < 4.78 is 4.71. The summed E-state index contributed by atoms with van der Waals surface area (Å²) in [5.41, 5.74) is 1.87. The van der Waals surface area contributed by atoms with Crippen LogP contribution in [-0.4, -0.2) is 26.0 Å². The van der Waals surface area contributed by atoms with Gasteiger partial charge in [-0.3, -0.25) is 0 Å². The standard InChI is InChI=1S/C14H11NO3/c1-15(2)11-7-6-10-12-8(11)4-3-5-9(12)13(16)18-14(10)17/h3-7H,1-2H3. The number of rotatable bonds is 1. The predicted molar refractivity (Wildman–Crippen MR) is 68.0 cm³/mol. The molecule has 0 amide bonds. The molecule has 2 aromatic carbocycles. The van der Waals surface area contributed by atoms with Crippen LogP contribution >= 0.6 is 0 Å². The number of carbonyl (C=O) groups is 2. The Kier molecular flexibility index (Phi) is 2.13. The number of nitrogens with zero attached hydrogens (tertiary/aromatic N) is 1. The van der Waals surface area contributed by atoms with E-state index in [4.69, 9.17) is 4.74 Å². The molecule has 0 unspecified atom stereocenters. The van der Waals surface area contributed by atoms with Crippen molar-refractivity contribution >= 4 is 28.4 Å². The van der Waals surface area contributed by atoms with Gasteiger partial charge in [-0.2, -0.15) is 0 Å². The smallest absolute Gasteiger partial charge is 0.346 e. The minimum absolute atomic E-state index is 0.450. The normalized spacial score (nSPS) is 13.7. The highest BCUT2D eigenvalue weighted by Gasteiger charge is 2.27. The van der Waals surface area contributed by atoms with Crippen molar-refractivity contribution in [2.24, 2.45) is 0 Å². The first kappa shape index (κ1) is 10.8. The zero-order valence-electron chi connectivity index (χ0n) is 10.1. The Morgan fingerprint density at radius 1 is 0.944 bits per heavy atom. The van der Waals surface area contributed by atoms with Gasteiger partial charge in [0.2, 0.25) is 0 Å². The van der Waals surface area contributed by atoms with Crippen LogP contribution in [0.25, 0.3) is 10.8 Å². The Hall–Kier alpha value is -2.36. The van der Waals surface area contributed by atoms with Gasteiger partial charge in [0.05, 0.1) is 11.1 Å². The van der Waals surface area contributed by atoms with E-state index in [1.54, 1.807) is 18.2 Å². The van der Waals surface area contributed by atoms with Gasteiger partial charge in [-0.1, -0.05) is 12.1 Å². The van der Waals surface area contributed by atoms with Gasteiger partial charge in [0.1, 0.15) is 0 Å². The van der Waals surface area contributed by atoms with Gasteiger partial charge in [-0.15, -0.1) is 0 Å². The van der Waals surface area contributed by atoms with E-state index in [-0.39, 0.29) is 0 Å². The van der Waals surface area contributed by atoms with Gasteiger partial charge in [0.25, 0.3) is 0 Å². The maximum Gasteiger partial charge on any atom is 0.346 e. The van der Waals surface area contributed by atoms with E-state index in [0.717, 1.165) is 11.1 Å². The number of carbonyl (C=O) groups excluding carboxylic acids is 2. The number of hydrogen-bond donors (Lipinski definition) is 0. The molecule has 0 N–H and O–H groups in total. The van der Waals surface area contributed by atoms with E-state index in [9.17, 15) is 9.59 Å². The topological polar surface area (TPSA) is 46.6 Å². The third kappa shape index (κ3) is 1.32. The first-order valence-corrected chi connectivity index (χ1v) is 5.59. The second kappa shape index (κ2) is 3.57. The van der Waals surface area contributed by atoms with Gasteiger partial charge in [0, 0.05) is 30.6 Å². The van der Waals surface area contributed by atoms with E-state index < -0.39 is 11.9 Å². The number of ether oxygens (including phenoxy) is 1. The summed E-state index contributed by atoms with van der Waals surface area (Å²) in [6, 6.07) is 8.95. The van der Waals surface area contributed by atoms with E-state index in [0.29, 0.717) is 16.5 Å². The first-order chi connectivity index (χ1) is 8.59. The Labute approximate surface area is 104 Å². The molecule has 0 saturated heterocycles. The number of anilines is 1. The van der Waals surface area contributed by atoms with Gasteiger partial charge < -0.3 is 9.64 Å². The highest BCUT2D eigenvalue weighted by atomic mass is 16.6. The van der Waals surface area contributed by atoms with E-state index in [1.807, 2.05) is 31.1 Å². The lowest BCUT2D eigenvalue weighted by Crippen LogP contribution is -2.20. The molecule has 1 aliphatic heterocycles. The van der Waals surface area contributed by atoms with Crippen LogP contribution in [-0.2, 0) is 4.74 Å². The molecule has 0 fully saturated rings. The molecule has 0 saturated carbocycles. The molecule has 4 heteroatoms. The van der Waals surface area contributed by atoms with Crippen LogP contribution in [0.4, 0.5) is 5.69 Å². The molecule has 0 bridgehead atoms. The fourth-order valence-electron chi connectivity index (χ4n) is 2.32. The van der Waals surface area contributed by atoms with Crippen LogP contribution in [0, 0.1) is 0 Å². The van der Waals surface area contributed by atoms with Crippen LogP contribution in [0.2, 0.25) is 0 Å². The molecular weight excluding hydrogens is 230 g/mol. The fraction of sp³-hybridized carbons (Fsp3) is 0.143. The van der Waals surface area contributed by atoms with Crippen LogP contribution < -0.4 is 4.90 Å². The number of benzene rings is 2. The van der Waals surface area contributed by atoms with Crippen molar-refractivity contribution in [2.45, 2.75) is 0 Å². The first-order valence-electron chi connectivity index (χ1n) is 5.59. The zero-order chi connectivity index (χ0) is 12.9. The van der Waals surface area contributed by atoms with E-state index in [2.05, 4.69) is 0 Å². The average Bonchev–Trinajstić information content (AvgIpc) is 2.34. The second-order valence-electron chi connectivity index (χ2n) is 4.43. The predicted octanol–water partition coefficient (Wildman–Crippen LogP) is 2.22. The molecule has 18 heavy (non-hydrogen) atoms. The molecule has 1 aliphatic rings. The van der Waals surface area contributed by atoms with Crippen LogP contribution in [0.3, 0.4) is 0 Å². The molecule has 0 atom stereocenters. The van der Waals surface area contributed by atoms with Crippen molar-refractivity contribution in [1.29, 1.82) is 0 Å². The molecule has 0 aromatic heterocycles. The molecule has 4 nitrogen and oxygen atoms in total. The third-order valence-electron chi connectivity index (χ3n) is 3.12. The fourth-order valence-corrected chi connectivity index (χ4v) is 2.32. The van der Waals surface area contributed by atoms with Crippen LogP contribution in [0.5, 0.6) is 0 Å². The summed E-state index contributed by atoms with van der Waals surface area (Å²) in [4.78, 5) is 25.4. The Bertz CT molecular complexity index is 668. The van der Waals surface area contributed by atoms with Crippen molar-refractivity contribution < 1.29 is 14.3 Å². The van der Waals surface area contributed by atoms with Crippen molar-refractivity contribution in [1.82, 2.24) is 0 Å². The molecule has 3 rings (SSSR count). The van der Waals surface area contributed by atoms with Crippen LogP contribution in [0.15, 0.2) is 30.3 Å². The Morgan fingerprint density at radius 3 is 2.28 bits per heavy atom. The number of esters is 2.